The fourth-order valence-electron chi connectivity index (χ4n) is 1.02. The largest absolute Gasteiger partial charge is 0.486 e. The van der Waals surface area contributed by atoms with Gasteiger partial charge in [-0.3, -0.25) is 0 Å². The van der Waals surface area contributed by atoms with E-state index in [4.69, 9.17) is 11.2 Å². The van der Waals surface area contributed by atoms with Crippen LogP contribution in [0.4, 0.5) is 0 Å². The van der Waals surface area contributed by atoms with Gasteiger partial charge in [0.05, 0.1) is 24.7 Å². The molecule has 1 aliphatic rings. The minimum Gasteiger partial charge on any atom is -0.486 e. The number of ether oxygens (including phenoxy) is 1. The zero-order chi connectivity index (χ0) is 8.97. The second kappa shape index (κ2) is 4.32. The zero-order valence-electron chi connectivity index (χ0n) is 7.46. The first kappa shape index (κ1) is 9.34. The predicted molar refractivity (Wildman–Crippen MR) is 52.3 cm³/mol. The zero-order valence-corrected chi connectivity index (χ0v) is 8.28. The van der Waals surface area contributed by atoms with E-state index in [1.807, 2.05) is 13.8 Å². The Morgan fingerprint density at radius 2 is 2.50 bits per heavy atom. The van der Waals surface area contributed by atoms with Crippen LogP contribution >= 0.6 is 11.8 Å². The lowest BCUT2D eigenvalue weighted by atomic mass is 10.4. The van der Waals surface area contributed by atoms with Gasteiger partial charge in [0.15, 0.2) is 5.09 Å². The van der Waals surface area contributed by atoms with Gasteiger partial charge in [-0.1, -0.05) is 17.7 Å². The van der Waals surface area contributed by atoms with Crippen LogP contribution in [-0.4, -0.2) is 23.9 Å². The van der Waals surface area contributed by atoms with Crippen molar-refractivity contribution < 1.29 is 4.74 Å². The van der Waals surface area contributed by atoms with Crippen molar-refractivity contribution in [2.45, 2.75) is 13.8 Å². The smallest absolute Gasteiger partial charge is 0.173 e. The molecule has 1 rings (SSSR count). The van der Waals surface area contributed by atoms with Crippen LogP contribution in [0, 0.1) is 12.3 Å². The van der Waals surface area contributed by atoms with Crippen molar-refractivity contribution in [1.29, 1.82) is 0 Å². The van der Waals surface area contributed by atoms with Gasteiger partial charge in [0, 0.05) is 0 Å². The highest BCUT2D eigenvalue weighted by Crippen LogP contribution is 2.31. The van der Waals surface area contributed by atoms with E-state index in [1.54, 1.807) is 11.8 Å². The Kier molecular flexibility index (Phi) is 3.36. The molecule has 0 bridgehead atoms. The van der Waals surface area contributed by atoms with E-state index >= 15 is 0 Å². The summed E-state index contributed by atoms with van der Waals surface area (Å²) >= 11 is 1.71. The van der Waals surface area contributed by atoms with Crippen molar-refractivity contribution in [2.24, 2.45) is 0 Å². The molecule has 3 heteroatoms. The molecule has 0 radical (unpaired) electrons. The maximum Gasteiger partial charge on any atom is 0.173 e. The summed E-state index contributed by atoms with van der Waals surface area (Å²) < 4.78 is 5.42. The molecule has 0 aromatic rings. The number of thioether (sulfide) groups is 1. The van der Waals surface area contributed by atoms with Gasteiger partial charge in [-0.15, -0.1) is 6.42 Å². The molecule has 0 aromatic carbocycles. The Morgan fingerprint density at radius 1 is 1.75 bits per heavy atom. The van der Waals surface area contributed by atoms with Gasteiger partial charge in [0.2, 0.25) is 0 Å². The van der Waals surface area contributed by atoms with E-state index in [-0.39, 0.29) is 0 Å². The Morgan fingerprint density at radius 3 is 3.08 bits per heavy atom. The lowest BCUT2D eigenvalue weighted by Gasteiger charge is -2.14. The number of allylic oxidation sites excluding steroid dienone is 1. The van der Waals surface area contributed by atoms with Gasteiger partial charge in [0.25, 0.3) is 0 Å². The second-order valence-corrected chi connectivity index (χ2v) is 3.40. The maximum atomic E-state index is 5.42. The third-order valence-corrected chi connectivity index (χ3v) is 2.80. The van der Waals surface area contributed by atoms with Crippen molar-refractivity contribution in [3.8, 4) is 12.3 Å². The summed E-state index contributed by atoms with van der Waals surface area (Å²) in [6.07, 6.45) is 5.23. The fraction of sp³-hybridized carbons (Fsp3) is 0.556. The van der Waals surface area contributed by atoms with Crippen molar-refractivity contribution in [3.05, 3.63) is 10.8 Å². The third-order valence-electron chi connectivity index (χ3n) is 1.68. The van der Waals surface area contributed by atoms with E-state index in [9.17, 15) is 0 Å². The monoisotopic (exact) mass is 183 g/mol. The summed E-state index contributed by atoms with van der Waals surface area (Å²) in [5, 5.41) is 1.02. The molecule has 0 saturated heterocycles. The van der Waals surface area contributed by atoms with Gasteiger partial charge >= 0.3 is 0 Å². The Bertz CT molecular complexity index is 229. The molecule has 0 unspecified atom stereocenters. The lowest BCUT2D eigenvalue weighted by Crippen LogP contribution is -2.17. The van der Waals surface area contributed by atoms with Gasteiger partial charge in [-0.2, -0.15) is 0 Å². The normalized spacial score (nSPS) is 16.6. The molecule has 0 fully saturated rings. The van der Waals surface area contributed by atoms with Crippen molar-refractivity contribution in [2.75, 3.05) is 19.0 Å². The first-order chi connectivity index (χ1) is 5.79. The molecule has 0 spiro atoms. The summed E-state index contributed by atoms with van der Waals surface area (Å²) in [6.45, 7) is 5.44. The number of rotatable bonds is 3. The molecule has 0 saturated carbocycles. The molecule has 0 atom stereocenters. The summed E-state index contributed by atoms with van der Waals surface area (Å²) in [6, 6.07) is 0. The van der Waals surface area contributed by atoms with E-state index in [0.29, 0.717) is 6.54 Å². The third kappa shape index (κ3) is 1.89. The number of hydrogen-bond acceptors (Lipinski definition) is 3. The van der Waals surface area contributed by atoms with Crippen molar-refractivity contribution in [1.82, 2.24) is 4.90 Å². The average Bonchev–Trinajstić information content (AvgIpc) is 2.38. The Balaban J connectivity index is 2.58. The quantitative estimate of drug-likeness (QED) is 0.620. The van der Waals surface area contributed by atoms with E-state index < -0.39 is 0 Å². The van der Waals surface area contributed by atoms with Crippen LogP contribution in [-0.2, 0) is 4.74 Å². The van der Waals surface area contributed by atoms with Crippen LogP contribution in [0.3, 0.4) is 0 Å². The van der Waals surface area contributed by atoms with Gasteiger partial charge in [-0.25, -0.2) is 0 Å². The van der Waals surface area contributed by atoms with Gasteiger partial charge < -0.3 is 9.64 Å². The molecule has 0 N–H and O–H groups in total. The SMILES string of the molecule is C#CCN1CSC(OCC)=C1C. The van der Waals surface area contributed by atoms with E-state index in [0.717, 1.165) is 17.6 Å². The average molecular weight is 183 g/mol. The standard InChI is InChI=1S/C9H13NOS/c1-4-6-10-7-12-9(8(10)3)11-5-2/h1H,5-7H2,2-3H3. The highest BCUT2D eigenvalue weighted by molar-refractivity contribution is 8.03. The molecule has 1 aliphatic heterocycles. The van der Waals surface area contributed by atoms with Crippen LogP contribution in [0.25, 0.3) is 0 Å². The first-order valence-corrected chi connectivity index (χ1v) is 4.93. The molecule has 66 valence electrons. The summed E-state index contributed by atoms with van der Waals surface area (Å²) in [5.41, 5.74) is 1.17. The fourth-order valence-corrected chi connectivity index (χ4v) is 2.12. The minimum atomic E-state index is 0.676. The van der Waals surface area contributed by atoms with Gasteiger partial charge in [0.1, 0.15) is 0 Å². The molecular formula is C9H13NOS. The molecule has 0 amide bonds. The summed E-state index contributed by atoms with van der Waals surface area (Å²) in [4.78, 5) is 2.13. The van der Waals surface area contributed by atoms with Crippen molar-refractivity contribution in [3.63, 3.8) is 0 Å². The van der Waals surface area contributed by atoms with Gasteiger partial charge in [-0.05, 0) is 13.8 Å². The highest BCUT2D eigenvalue weighted by atomic mass is 32.2. The highest BCUT2D eigenvalue weighted by Gasteiger charge is 2.19. The van der Waals surface area contributed by atoms with Crippen molar-refractivity contribution >= 4 is 11.8 Å². The maximum absolute atomic E-state index is 5.42. The summed E-state index contributed by atoms with van der Waals surface area (Å²) in [5.74, 6) is 3.55. The molecule has 2 nitrogen and oxygen atoms in total. The van der Waals surface area contributed by atoms with Crippen LogP contribution in [0.1, 0.15) is 13.8 Å². The Labute approximate surface area is 78.0 Å². The molecule has 1 heterocycles. The second-order valence-electron chi connectivity index (χ2n) is 2.48. The van der Waals surface area contributed by atoms with E-state index in [1.165, 1.54) is 5.70 Å². The predicted octanol–water partition coefficient (Wildman–Crippen LogP) is 1.85. The number of terminal acetylenes is 1. The van der Waals surface area contributed by atoms with Crippen LogP contribution in [0.2, 0.25) is 0 Å². The number of hydrogen-bond donors (Lipinski definition) is 0. The molecule has 0 aliphatic carbocycles. The number of nitrogens with zero attached hydrogens (tertiary/aromatic N) is 1. The lowest BCUT2D eigenvalue weighted by molar-refractivity contribution is 0.249. The molecule has 0 aromatic heterocycles. The molecular weight excluding hydrogens is 170 g/mol. The van der Waals surface area contributed by atoms with Crippen LogP contribution in [0.5, 0.6) is 0 Å². The summed E-state index contributed by atoms with van der Waals surface area (Å²) in [7, 11) is 0. The van der Waals surface area contributed by atoms with Crippen LogP contribution < -0.4 is 0 Å². The topological polar surface area (TPSA) is 12.5 Å². The minimum absolute atomic E-state index is 0.676. The Hall–Kier alpha value is -0.750. The molecule has 12 heavy (non-hydrogen) atoms. The van der Waals surface area contributed by atoms with E-state index in [2.05, 4.69) is 10.8 Å². The first-order valence-electron chi connectivity index (χ1n) is 3.94. The van der Waals surface area contributed by atoms with Crippen LogP contribution in [0.15, 0.2) is 10.8 Å².